The number of amides is 2. The van der Waals surface area contributed by atoms with Crippen LogP contribution in [-0.2, 0) is 28.5 Å². The van der Waals surface area contributed by atoms with Crippen molar-refractivity contribution in [3.63, 3.8) is 0 Å². The van der Waals surface area contributed by atoms with Gasteiger partial charge in [-0.1, -0.05) is 78.0 Å². The average molecular weight is 1120 g/mol. The highest BCUT2D eigenvalue weighted by Crippen LogP contribution is 2.72. The standard InChI is InChI=1S/C25H39NO3.C23H37NO2.C22H35NO3/c1-14-7-8-17-20-18(10-12-24(14,17)5)25(6)11-9-16(26-15(2)27)13-19(25)21-22(20)29-23(3,4)28-21;1-13-6-7-15-18-16(9-11-22(13,15)4)23(5)10-8-14(24)12-17(23)19-20(18)26-21(2,3)25-19;1-12-5-6-15-18-16(8-10-21(12,15)3)22(4)9-7-14(23-13(2)24)11-17(22)19(25)20(18)26/h16-22H,1,7-13H2,2-6H3,(H,26,27);14-20H,1,6-12,24H2,2-5H3;14-20,25-26H,1,5-11H2,2-4H3,(H,23,24)/t16-,17?,18?,19?,20?,21-,22-,24-,25-;14-,15?,16?,17?,18?,19-,20-,22-,23-;14-,15?,16?,17?,18?,19-,20-,21-,22-/m111/s1. The van der Waals surface area contributed by atoms with Gasteiger partial charge in [0, 0.05) is 32.0 Å². The zero-order chi connectivity index (χ0) is 58.1. The molecule has 454 valence electrons. The van der Waals surface area contributed by atoms with Crippen molar-refractivity contribution >= 4 is 11.8 Å². The van der Waals surface area contributed by atoms with E-state index in [0.717, 1.165) is 70.1 Å². The summed E-state index contributed by atoms with van der Waals surface area (Å²) >= 11 is 0. The predicted octanol–water partition coefficient (Wildman–Crippen LogP) is 12.5. The number of hydrogen-bond donors (Lipinski definition) is 5. The van der Waals surface area contributed by atoms with Gasteiger partial charge in [-0.3, -0.25) is 9.59 Å². The first-order chi connectivity index (χ1) is 37.9. The van der Waals surface area contributed by atoms with Crippen LogP contribution in [0.3, 0.4) is 0 Å². The van der Waals surface area contributed by atoms with Crippen molar-refractivity contribution in [3.05, 3.63) is 36.5 Å². The van der Waals surface area contributed by atoms with E-state index in [4.69, 9.17) is 24.7 Å². The van der Waals surface area contributed by atoms with Gasteiger partial charge in [0.25, 0.3) is 0 Å². The van der Waals surface area contributed by atoms with Gasteiger partial charge in [0.15, 0.2) is 11.6 Å². The second kappa shape index (κ2) is 20.2. The first-order valence-corrected chi connectivity index (χ1v) is 33.3. The summed E-state index contributed by atoms with van der Waals surface area (Å²) in [5.74, 6) is 5.29. The number of rotatable bonds is 2. The fourth-order valence-electron chi connectivity index (χ4n) is 24.2. The molecular formula is C70H111N3O8. The van der Waals surface area contributed by atoms with E-state index < -0.39 is 23.8 Å². The van der Waals surface area contributed by atoms with Crippen LogP contribution in [0.4, 0.5) is 0 Å². The molecule has 12 saturated carbocycles. The Hall–Kier alpha value is -2.12. The number of aliphatic hydroxyl groups excluding tert-OH is 2. The quantitative estimate of drug-likeness (QED) is 0.170. The van der Waals surface area contributed by atoms with E-state index in [1.54, 1.807) is 13.8 Å². The molecule has 81 heavy (non-hydrogen) atoms. The number of aliphatic hydroxyl groups is 2. The molecular weight excluding hydrogens is 1010 g/mol. The predicted molar refractivity (Wildman–Crippen MR) is 318 cm³/mol. The molecule has 2 heterocycles. The van der Waals surface area contributed by atoms with Crippen molar-refractivity contribution in [2.45, 2.75) is 284 Å². The third-order valence-electron chi connectivity index (χ3n) is 28.5. The van der Waals surface area contributed by atoms with Crippen LogP contribution in [0, 0.1) is 104 Å². The summed E-state index contributed by atoms with van der Waals surface area (Å²) < 4.78 is 26.6. The zero-order valence-electron chi connectivity index (χ0n) is 52.5. The molecule has 0 bridgehead atoms. The molecule has 11 nitrogen and oxygen atoms in total. The maximum absolute atomic E-state index is 11.7. The fraction of sp³-hybridized carbons (Fsp3) is 0.886. The van der Waals surface area contributed by atoms with Crippen LogP contribution >= 0.6 is 0 Å². The molecule has 14 aliphatic rings. The van der Waals surface area contributed by atoms with Crippen LogP contribution < -0.4 is 16.4 Å². The van der Waals surface area contributed by atoms with E-state index in [1.165, 1.54) is 87.3 Å². The first-order valence-electron chi connectivity index (χ1n) is 33.3. The summed E-state index contributed by atoms with van der Waals surface area (Å²) in [5, 5.41) is 28.5. The lowest BCUT2D eigenvalue weighted by Crippen LogP contribution is -2.64. The number of nitrogens with one attached hydrogen (secondary N) is 2. The molecule has 12 aliphatic carbocycles. The van der Waals surface area contributed by atoms with Crippen LogP contribution in [0.5, 0.6) is 0 Å². The lowest BCUT2D eigenvalue weighted by Gasteiger charge is -2.63. The van der Waals surface area contributed by atoms with Crippen molar-refractivity contribution in [1.29, 1.82) is 0 Å². The van der Waals surface area contributed by atoms with Gasteiger partial charge in [0.05, 0.1) is 36.6 Å². The molecule has 2 saturated heterocycles. The maximum atomic E-state index is 11.7. The number of carbonyl (C=O) groups excluding carboxylic acids is 2. The topological polar surface area (TPSA) is 162 Å². The van der Waals surface area contributed by atoms with Gasteiger partial charge in [-0.25, -0.2) is 0 Å². The Morgan fingerprint density at radius 2 is 0.778 bits per heavy atom. The molecule has 14 rings (SSSR count). The van der Waals surface area contributed by atoms with Gasteiger partial charge in [0.2, 0.25) is 11.8 Å². The molecule has 11 heteroatoms. The minimum absolute atomic E-state index is 0.000211. The molecule has 0 aromatic rings. The number of carbonyl (C=O) groups is 2. The summed E-state index contributed by atoms with van der Waals surface area (Å²) in [7, 11) is 0. The van der Waals surface area contributed by atoms with Gasteiger partial charge in [-0.15, -0.1) is 0 Å². The fourth-order valence-corrected chi connectivity index (χ4v) is 24.2. The molecule has 0 spiro atoms. The molecule has 0 aromatic carbocycles. The highest BCUT2D eigenvalue weighted by atomic mass is 16.8. The van der Waals surface area contributed by atoms with Crippen molar-refractivity contribution in [3.8, 4) is 0 Å². The van der Waals surface area contributed by atoms with E-state index in [2.05, 4.69) is 99.6 Å². The van der Waals surface area contributed by atoms with Crippen molar-refractivity contribution in [2.75, 3.05) is 0 Å². The van der Waals surface area contributed by atoms with E-state index in [9.17, 15) is 19.8 Å². The van der Waals surface area contributed by atoms with E-state index >= 15 is 0 Å². The highest BCUT2D eigenvalue weighted by Gasteiger charge is 2.70. The molecule has 0 aromatic heterocycles. The minimum atomic E-state index is -0.686. The molecule has 27 atom stereocenters. The minimum Gasteiger partial charge on any atom is -0.390 e. The van der Waals surface area contributed by atoms with Gasteiger partial charge in [-0.05, 0) is 266 Å². The summed E-state index contributed by atoms with van der Waals surface area (Å²) in [6.07, 6.45) is 23.7. The third kappa shape index (κ3) is 9.19. The van der Waals surface area contributed by atoms with E-state index in [1.807, 2.05) is 0 Å². The van der Waals surface area contributed by atoms with Crippen LogP contribution in [-0.4, -0.2) is 88.4 Å². The van der Waals surface area contributed by atoms with Gasteiger partial charge >= 0.3 is 0 Å². The zero-order valence-corrected chi connectivity index (χ0v) is 52.5. The molecule has 2 amide bonds. The highest BCUT2D eigenvalue weighted by molar-refractivity contribution is 5.73. The molecule has 6 N–H and O–H groups in total. The summed E-state index contributed by atoms with van der Waals surface area (Å²) in [5.41, 5.74) is 12.2. The normalized spacial score (nSPS) is 54.7. The lowest BCUT2D eigenvalue weighted by atomic mass is 9.43. The summed E-state index contributed by atoms with van der Waals surface area (Å²) in [6.45, 7) is 39.7. The Labute approximate surface area is 489 Å². The second-order valence-electron chi connectivity index (χ2n) is 33.0. The largest absolute Gasteiger partial charge is 0.390 e. The number of hydrogen-bond acceptors (Lipinski definition) is 9. The van der Waals surface area contributed by atoms with Crippen molar-refractivity contribution in [1.82, 2.24) is 10.6 Å². The van der Waals surface area contributed by atoms with Crippen molar-refractivity contribution in [2.24, 2.45) is 109 Å². The first kappa shape index (κ1) is 59.2. The van der Waals surface area contributed by atoms with Crippen LogP contribution in [0.25, 0.3) is 0 Å². The second-order valence-corrected chi connectivity index (χ2v) is 33.0. The number of ether oxygens (including phenoxy) is 4. The molecule has 14 fully saturated rings. The van der Waals surface area contributed by atoms with E-state index in [-0.39, 0.29) is 81.8 Å². The summed E-state index contributed by atoms with van der Waals surface area (Å²) in [4.78, 5) is 23.2. The van der Waals surface area contributed by atoms with E-state index in [0.29, 0.717) is 70.1 Å². The molecule has 12 unspecified atom stereocenters. The summed E-state index contributed by atoms with van der Waals surface area (Å²) in [6, 6.07) is 0.733. The van der Waals surface area contributed by atoms with Crippen LogP contribution in [0.15, 0.2) is 36.5 Å². The van der Waals surface area contributed by atoms with Gasteiger partial charge in [0.1, 0.15) is 0 Å². The van der Waals surface area contributed by atoms with Crippen LogP contribution in [0.1, 0.15) is 218 Å². The third-order valence-corrected chi connectivity index (χ3v) is 28.5. The SMILES string of the molecule is C=C1CCC2C3C(CC[C@]12C)[C@@]1(C)CC[C@@H](N)CC1[C@H]1OC(C)(C)O[C@H]31.C=C1CCC2C3C(CC[C@]12C)[C@@]1(C)CC[C@@H](NC(C)=O)CC1[C@@H](O)[C@@H]3O.C=C1CCC2C3C(CC[C@]12C)[C@@]1(C)CC[C@@H](NC(C)=O)CC1[C@H]1OC(C)(C)O[C@H]31. The monoisotopic (exact) mass is 1120 g/mol. The number of fused-ring (bicyclic) bond motifs is 21. The number of allylic oxidation sites excluding steroid dienone is 3. The Balaban J connectivity index is 0.000000121. The molecule has 0 radical (unpaired) electrons. The van der Waals surface area contributed by atoms with Crippen LogP contribution in [0.2, 0.25) is 0 Å². The van der Waals surface area contributed by atoms with Crippen molar-refractivity contribution < 1.29 is 38.7 Å². The Kier molecular flexibility index (Phi) is 14.8. The molecule has 2 aliphatic heterocycles. The Bertz CT molecular complexity index is 2510. The smallest absolute Gasteiger partial charge is 0.217 e. The Morgan fingerprint density at radius 3 is 1.20 bits per heavy atom. The Morgan fingerprint density at radius 1 is 0.432 bits per heavy atom. The van der Waals surface area contributed by atoms with Gasteiger partial charge < -0.3 is 45.5 Å². The maximum Gasteiger partial charge on any atom is 0.217 e. The lowest BCUT2D eigenvalue weighted by molar-refractivity contribution is -0.211. The van der Waals surface area contributed by atoms with Gasteiger partial charge in [-0.2, -0.15) is 0 Å². The average Bonchev–Trinajstić information content (AvgIpc) is 2.72. The number of nitrogens with two attached hydrogens (primary N) is 1.